The summed E-state index contributed by atoms with van der Waals surface area (Å²) in [7, 11) is 4.54. The Morgan fingerprint density at radius 2 is 1.77 bits per heavy atom. The van der Waals surface area contributed by atoms with Crippen molar-refractivity contribution in [2.75, 3.05) is 25.7 Å². The van der Waals surface area contributed by atoms with Gasteiger partial charge in [0.05, 0.1) is 42.3 Å². The monoisotopic (exact) mass is 812 g/mol. The number of anilines is 1. The Morgan fingerprint density at radius 3 is 2.46 bits per heavy atom. The fourth-order valence-electron chi connectivity index (χ4n) is 9.54. The molecular formula is C42H41ClN4O9S. The third-order valence-corrected chi connectivity index (χ3v) is 13.9. The zero-order valence-corrected chi connectivity index (χ0v) is 33.5. The molecule has 2 saturated heterocycles. The van der Waals surface area contributed by atoms with Gasteiger partial charge in [0.15, 0.2) is 11.5 Å². The summed E-state index contributed by atoms with van der Waals surface area (Å²) in [4.78, 5) is 72.2. The van der Waals surface area contributed by atoms with E-state index in [2.05, 4.69) is 0 Å². The van der Waals surface area contributed by atoms with Crippen molar-refractivity contribution in [3.63, 3.8) is 0 Å². The van der Waals surface area contributed by atoms with Gasteiger partial charge in [0.25, 0.3) is 0 Å². The predicted octanol–water partition coefficient (Wildman–Crippen LogP) is 6.63. The Kier molecular flexibility index (Phi) is 9.55. The first-order valence-corrected chi connectivity index (χ1v) is 19.9. The van der Waals surface area contributed by atoms with Crippen LogP contribution < -0.4 is 14.4 Å². The number of carboxylic acids is 1. The summed E-state index contributed by atoms with van der Waals surface area (Å²) < 4.78 is 13.3. The van der Waals surface area contributed by atoms with E-state index >= 15 is 4.79 Å². The number of nitrogens with zero attached hydrogens (tertiary/aromatic N) is 4. The second kappa shape index (κ2) is 14.2. The number of carboxylic acid groups (broad SMARTS) is 1. The van der Waals surface area contributed by atoms with Crippen LogP contribution in [0.25, 0.3) is 26.7 Å². The van der Waals surface area contributed by atoms with Crippen LogP contribution >= 0.6 is 22.9 Å². The summed E-state index contributed by atoms with van der Waals surface area (Å²) in [5, 5.41) is 26.2. The number of phenols is 1. The van der Waals surface area contributed by atoms with E-state index < -0.39 is 52.8 Å². The van der Waals surface area contributed by atoms with Gasteiger partial charge < -0.3 is 19.7 Å². The number of aliphatic carboxylic acids is 1. The highest BCUT2D eigenvalue weighted by atomic mass is 35.5. The number of aryl methyl sites for hydroxylation is 2. The molecule has 13 nitrogen and oxygen atoms in total. The normalized spacial score (nSPS) is 25.6. The minimum atomic E-state index is -1.30. The number of carbonyl (C=O) groups excluding carboxylic acids is 4. The van der Waals surface area contributed by atoms with Gasteiger partial charge in [-0.25, -0.2) is 4.90 Å². The first-order chi connectivity index (χ1) is 27.2. The number of halogens is 1. The molecule has 6 atom stereocenters. The maximum absolute atomic E-state index is 15.1. The Hall–Kier alpha value is -5.47. The number of hydrogen-bond acceptors (Lipinski definition) is 10. The molecule has 0 bridgehead atoms. The van der Waals surface area contributed by atoms with Crippen LogP contribution in [-0.2, 0) is 31.0 Å². The van der Waals surface area contributed by atoms with Crippen LogP contribution in [0.2, 0.25) is 5.02 Å². The molecule has 4 amide bonds. The average molecular weight is 813 g/mol. The molecule has 15 heteroatoms. The topological polar surface area (TPSA) is 169 Å². The Labute approximate surface area is 337 Å². The second-order valence-electron chi connectivity index (χ2n) is 15.4. The number of phenolic OH excluding ortho intramolecular Hbond substituents is 1. The van der Waals surface area contributed by atoms with Crippen LogP contribution in [-0.4, -0.2) is 75.3 Å². The van der Waals surface area contributed by atoms with Gasteiger partial charge >= 0.3 is 5.97 Å². The van der Waals surface area contributed by atoms with Crippen LogP contribution in [0.5, 0.6) is 17.2 Å². The van der Waals surface area contributed by atoms with Gasteiger partial charge in [0, 0.05) is 41.7 Å². The first kappa shape index (κ1) is 38.4. The molecule has 8 rings (SSSR count). The fourth-order valence-corrected chi connectivity index (χ4v) is 10.9. The minimum Gasteiger partial charge on any atom is -0.502 e. The Morgan fingerprint density at radius 1 is 1.05 bits per heavy atom. The quantitative estimate of drug-likeness (QED) is 0.131. The number of aromatic hydroxyl groups is 1. The Bertz CT molecular complexity index is 2440. The average Bonchev–Trinajstić information content (AvgIpc) is 3.85. The van der Waals surface area contributed by atoms with Crippen molar-refractivity contribution >= 4 is 74.5 Å². The van der Waals surface area contributed by atoms with E-state index in [1.54, 1.807) is 54.3 Å². The van der Waals surface area contributed by atoms with E-state index in [4.69, 9.17) is 26.2 Å². The second-order valence-corrected chi connectivity index (χ2v) is 16.9. The Balaban J connectivity index is 1.21. The molecule has 1 saturated carbocycles. The van der Waals surface area contributed by atoms with Gasteiger partial charge in [0.2, 0.25) is 29.4 Å². The number of aromatic nitrogens is 2. The van der Waals surface area contributed by atoms with Crippen molar-refractivity contribution in [2.45, 2.75) is 39.5 Å². The molecule has 2 aromatic carbocycles. The van der Waals surface area contributed by atoms with Crippen LogP contribution in [0.1, 0.15) is 43.7 Å². The number of ether oxygens (including phenoxy) is 2. The highest BCUT2D eigenvalue weighted by Gasteiger charge is 2.67. The highest BCUT2D eigenvalue weighted by Crippen LogP contribution is 2.61. The summed E-state index contributed by atoms with van der Waals surface area (Å²) in [6.07, 6.45) is 5.97. The lowest BCUT2D eigenvalue weighted by Gasteiger charge is -2.47. The number of amides is 4. The fraction of sp³-hybridized carbons (Fsp3) is 0.381. The highest BCUT2D eigenvalue weighted by molar-refractivity contribution is 7.22. The molecule has 2 aliphatic heterocycles. The van der Waals surface area contributed by atoms with Crippen LogP contribution in [0.4, 0.5) is 5.82 Å². The minimum absolute atomic E-state index is 0.00561. The molecule has 0 radical (unpaired) electrons. The number of thiophene rings is 1. The van der Waals surface area contributed by atoms with E-state index in [9.17, 15) is 29.4 Å². The largest absolute Gasteiger partial charge is 0.502 e. The van der Waals surface area contributed by atoms with Gasteiger partial charge in [-0.05, 0) is 85.9 Å². The summed E-state index contributed by atoms with van der Waals surface area (Å²) >= 11 is 7.86. The molecule has 4 heterocycles. The van der Waals surface area contributed by atoms with E-state index in [0.29, 0.717) is 22.1 Å². The van der Waals surface area contributed by atoms with Gasteiger partial charge in [-0.3, -0.25) is 33.6 Å². The number of likely N-dealkylation sites (tertiary alicyclic amines) is 1. The van der Waals surface area contributed by atoms with Crippen LogP contribution in [0, 0.1) is 41.9 Å². The maximum atomic E-state index is 15.1. The van der Waals surface area contributed by atoms with Crippen LogP contribution in [0.3, 0.4) is 0 Å². The molecule has 57 heavy (non-hydrogen) atoms. The molecule has 4 aromatic rings. The zero-order chi connectivity index (χ0) is 40.7. The van der Waals surface area contributed by atoms with E-state index in [1.165, 1.54) is 24.0 Å². The zero-order valence-electron chi connectivity index (χ0n) is 31.9. The van der Waals surface area contributed by atoms with E-state index in [0.717, 1.165) is 26.1 Å². The standard InChI is InChI=1S/C42H41ClN4O9S/c1-20-25-17-22(43)9-13-32(25)57-37(20)29-19-33(45(3)44-29)47-39(52)28-18-26-23(10-11-24-35(26)40(53)46(38(24)51)14-6-7-34(48)49)27(42(28,2)41(47)54)12-8-21-15-30(55-4)36(50)31(16-21)56-5/h8-10,12-13,15-17,19,24,26-28,35,50H,6-7,11,14,18H2,1-5H3,(H,48,49). The number of fused-ring (bicyclic) bond motifs is 5. The lowest BCUT2D eigenvalue weighted by atomic mass is 9.52. The summed E-state index contributed by atoms with van der Waals surface area (Å²) in [5.74, 6) is -5.55. The molecule has 3 fully saturated rings. The van der Waals surface area contributed by atoms with Crippen molar-refractivity contribution in [1.29, 1.82) is 0 Å². The lowest BCUT2D eigenvalue weighted by Crippen LogP contribution is -2.49. The first-order valence-electron chi connectivity index (χ1n) is 18.7. The molecule has 0 spiro atoms. The summed E-state index contributed by atoms with van der Waals surface area (Å²) in [6.45, 7) is 3.78. The smallest absolute Gasteiger partial charge is 0.303 e. The van der Waals surface area contributed by atoms with Crippen molar-refractivity contribution in [1.82, 2.24) is 14.7 Å². The molecule has 2 N–H and O–H groups in total. The third kappa shape index (κ3) is 5.94. The van der Waals surface area contributed by atoms with Crippen molar-refractivity contribution in [3.8, 4) is 27.8 Å². The number of hydrogen-bond donors (Lipinski definition) is 2. The van der Waals surface area contributed by atoms with Gasteiger partial charge in [-0.1, -0.05) is 35.4 Å². The predicted molar refractivity (Wildman–Crippen MR) is 213 cm³/mol. The number of carbonyl (C=O) groups is 5. The molecule has 4 aliphatic rings. The lowest BCUT2D eigenvalue weighted by molar-refractivity contribution is -0.142. The summed E-state index contributed by atoms with van der Waals surface area (Å²) in [5.41, 5.74) is 1.68. The van der Waals surface area contributed by atoms with E-state index in [1.807, 2.05) is 37.3 Å². The molecule has 2 aliphatic carbocycles. The number of imide groups is 2. The van der Waals surface area contributed by atoms with Crippen molar-refractivity contribution in [3.05, 3.63) is 70.3 Å². The third-order valence-electron chi connectivity index (χ3n) is 12.4. The SMILES string of the molecule is COc1cc(C=CC2C3=CCC4C(=O)N(CCCC(=O)O)C(=O)C4C3CC3C(=O)N(c4cc(-c5sc6ccc(Cl)cc6c5C)nn4C)C(=O)C23C)cc(OC)c1O. The van der Waals surface area contributed by atoms with Crippen molar-refractivity contribution < 1.29 is 43.7 Å². The van der Waals surface area contributed by atoms with Gasteiger partial charge in [-0.15, -0.1) is 11.3 Å². The van der Waals surface area contributed by atoms with E-state index in [-0.39, 0.29) is 61.3 Å². The molecular weight excluding hydrogens is 772 g/mol. The van der Waals surface area contributed by atoms with Crippen LogP contribution in [0.15, 0.2) is 54.1 Å². The summed E-state index contributed by atoms with van der Waals surface area (Å²) in [6, 6.07) is 10.7. The molecule has 2 aromatic heterocycles. The molecule has 296 valence electrons. The number of allylic oxidation sites excluding steroid dienone is 3. The van der Waals surface area contributed by atoms with Gasteiger partial charge in [0.1, 0.15) is 11.5 Å². The number of benzene rings is 2. The van der Waals surface area contributed by atoms with Gasteiger partial charge in [-0.2, -0.15) is 5.10 Å². The maximum Gasteiger partial charge on any atom is 0.303 e. The molecule has 6 unspecified atom stereocenters. The number of methoxy groups -OCH3 is 2. The number of rotatable bonds is 10. The van der Waals surface area contributed by atoms with Crippen molar-refractivity contribution in [2.24, 2.45) is 42.1 Å².